The Bertz CT molecular complexity index is 250. The molecule has 0 aliphatic rings. The zero-order chi connectivity index (χ0) is 7.56. The van der Waals surface area contributed by atoms with Crippen molar-refractivity contribution in [3.05, 3.63) is 34.9 Å². The third kappa shape index (κ3) is 3.25. The number of carboxylic acid groups (broad SMARTS) is 1. The van der Waals surface area contributed by atoms with E-state index >= 15 is 0 Å². The van der Waals surface area contributed by atoms with Gasteiger partial charge >= 0.3 is 35.5 Å². The van der Waals surface area contributed by atoms with Crippen LogP contribution in [0.1, 0.15) is 11.8 Å². The molecule has 0 radical (unpaired) electrons. The summed E-state index contributed by atoms with van der Waals surface area (Å²) in [5, 5.41) is 8.98. The maximum Gasteiger partial charge on any atom is 1.00 e. The molecule has 1 aromatic rings. The molecule has 0 fully saturated rings. The maximum absolute atomic E-state index is 10.3. The fourth-order valence-corrected chi connectivity index (χ4v) is 0.718. The van der Waals surface area contributed by atoms with Crippen LogP contribution in [-0.4, -0.2) is 11.1 Å². The summed E-state index contributed by atoms with van der Waals surface area (Å²) in [6.45, 7) is 0. The first-order valence-corrected chi connectivity index (χ1v) is 3.07. The first-order chi connectivity index (χ1) is 4.70. The number of aromatic carboxylic acids is 1. The van der Waals surface area contributed by atoms with Gasteiger partial charge in [0.05, 0.1) is 5.56 Å². The summed E-state index contributed by atoms with van der Waals surface area (Å²) in [6.07, 6.45) is 0. The topological polar surface area (TPSA) is 37.3 Å². The molecule has 2 nitrogen and oxygen atoms in total. The molecule has 0 spiro atoms. The van der Waals surface area contributed by atoms with Crippen LogP contribution in [0.2, 0.25) is 5.02 Å². The van der Waals surface area contributed by atoms with E-state index in [1.54, 1.807) is 12.1 Å². The van der Waals surface area contributed by atoms with E-state index in [0.29, 0.717) is 5.02 Å². The second-order valence-electron chi connectivity index (χ2n) is 1.81. The molecule has 1 aromatic carbocycles. The van der Waals surface area contributed by atoms with Gasteiger partial charge in [0.15, 0.2) is 0 Å². The molecule has 0 amide bonds. The molecule has 0 heterocycles. The third-order valence-electron chi connectivity index (χ3n) is 1.09. The van der Waals surface area contributed by atoms with Gasteiger partial charge in [-0.1, -0.05) is 11.6 Å². The van der Waals surface area contributed by atoms with Gasteiger partial charge in [0, 0.05) is 5.02 Å². The monoisotopic (exact) mass is 180 g/mol. The molecule has 4 heteroatoms. The van der Waals surface area contributed by atoms with E-state index in [4.69, 9.17) is 16.7 Å². The van der Waals surface area contributed by atoms with Crippen molar-refractivity contribution in [3.8, 4) is 0 Å². The molecule has 1 rings (SSSR count). The number of halogens is 1. The Morgan fingerprint density at radius 3 is 2.18 bits per heavy atom. The molecule has 1 N–H and O–H groups in total. The van der Waals surface area contributed by atoms with Gasteiger partial charge in [0.25, 0.3) is 0 Å². The van der Waals surface area contributed by atoms with Crippen molar-refractivity contribution in [2.45, 2.75) is 0 Å². The zero-order valence-electron chi connectivity index (χ0n) is 7.04. The van der Waals surface area contributed by atoms with Crippen molar-refractivity contribution in [3.63, 3.8) is 0 Å². The van der Waals surface area contributed by atoms with Crippen LogP contribution in [0.5, 0.6) is 0 Å². The van der Waals surface area contributed by atoms with Crippen LogP contribution in [0.15, 0.2) is 24.3 Å². The molecule has 54 valence electrons. The average molecular weight is 181 g/mol. The summed E-state index contributed by atoms with van der Waals surface area (Å²) in [7, 11) is 0. The first kappa shape index (κ1) is 11.0. The second kappa shape index (κ2) is 4.78. The number of hydrogen-bond acceptors (Lipinski definition) is 1. The Morgan fingerprint density at radius 1 is 1.36 bits per heavy atom. The van der Waals surface area contributed by atoms with E-state index in [-0.39, 0.29) is 36.5 Å². The van der Waals surface area contributed by atoms with Gasteiger partial charge in [-0.15, -0.1) is 0 Å². The number of rotatable bonds is 1. The summed E-state index contributed by atoms with van der Waals surface area (Å²) in [5.74, 6) is -0.934. The van der Waals surface area contributed by atoms with Crippen molar-refractivity contribution < 1.29 is 40.9 Å². The smallest absolute Gasteiger partial charge is 1.00 e. The molecule has 0 atom stereocenters. The van der Waals surface area contributed by atoms with Gasteiger partial charge < -0.3 is 6.53 Å². The maximum atomic E-state index is 10.3. The van der Waals surface area contributed by atoms with Crippen LogP contribution in [0, 0.1) is 0 Å². The van der Waals surface area contributed by atoms with Gasteiger partial charge in [0.2, 0.25) is 0 Å². The SMILES string of the molecule is O=C(O)c1ccc(Cl)cc1.[H-].[Na+]. The third-order valence-corrected chi connectivity index (χ3v) is 1.34. The Hall–Kier alpha value is -0.0200. The van der Waals surface area contributed by atoms with Crippen LogP contribution in [0.25, 0.3) is 0 Å². The van der Waals surface area contributed by atoms with Crippen LogP contribution < -0.4 is 29.6 Å². The minimum absolute atomic E-state index is 0. The predicted molar refractivity (Wildman–Crippen MR) is 39.5 cm³/mol. The molecule has 0 aliphatic carbocycles. The van der Waals surface area contributed by atoms with Crippen LogP contribution in [0.4, 0.5) is 0 Å². The van der Waals surface area contributed by atoms with E-state index in [9.17, 15) is 4.79 Å². The summed E-state index contributed by atoms with van der Waals surface area (Å²) in [4.78, 5) is 10.3. The molecule has 0 saturated heterocycles. The van der Waals surface area contributed by atoms with E-state index < -0.39 is 5.97 Å². The standard InChI is InChI=1S/C7H5ClO2.Na.H/c8-6-3-1-5(2-4-6)7(9)10;;/h1-4H,(H,9,10);;/q;+1;-1. The molecule has 0 aromatic heterocycles. The Labute approximate surface area is 93.0 Å². The van der Waals surface area contributed by atoms with Crippen molar-refractivity contribution in [2.75, 3.05) is 0 Å². The minimum Gasteiger partial charge on any atom is -1.00 e. The van der Waals surface area contributed by atoms with E-state index in [0.717, 1.165) is 0 Å². The summed E-state index contributed by atoms with van der Waals surface area (Å²) in [6, 6.07) is 6.02. The predicted octanol–water partition coefficient (Wildman–Crippen LogP) is -0.845. The van der Waals surface area contributed by atoms with E-state index in [2.05, 4.69) is 0 Å². The Kier molecular flexibility index (Phi) is 4.77. The molecule has 11 heavy (non-hydrogen) atoms. The normalized spacial score (nSPS) is 8.45. The number of carbonyl (C=O) groups is 1. The zero-order valence-corrected chi connectivity index (χ0v) is 8.80. The van der Waals surface area contributed by atoms with Gasteiger partial charge in [-0.2, -0.15) is 0 Å². The second-order valence-corrected chi connectivity index (χ2v) is 2.25. The van der Waals surface area contributed by atoms with Crippen molar-refractivity contribution in [1.29, 1.82) is 0 Å². The molecule has 0 bridgehead atoms. The Morgan fingerprint density at radius 2 is 1.82 bits per heavy atom. The Balaban J connectivity index is 0. The largest absolute Gasteiger partial charge is 1.00 e. The fourth-order valence-electron chi connectivity index (χ4n) is 0.592. The summed E-state index contributed by atoms with van der Waals surface area (Å²) >= 11 is 5.52. The molecule has 0 saturated carbocycles. The molecular weight excluding hydrogens is 175 g/mol. The van der Waals surface area contributed by atoms with Crippen LogP contribution in [0.3, 0.4) is 0 Å². The molecule has 0 unspecified atom stereocenters. The minimum atomic E-state index is -0.934. The van der Waals surface area contributed by atoms with Crippen molar-refractivity contribution >= 4 is 17.6 Å². The van der Waals surface area contributed by atoms with Gasteiger partial charge in [-0.05, 0) is 24.3 Å². The first-order valence-electron chi connectivity index (χ1n) is 2.69. The van der Waals surface area contributed by atoms with Crippen molar-refractivity contribution in [2.24, 2.45) is 0 Å². The fraction of sp³-hybridized carbons (Fsp3) is 0. The average Bonchev–Trinajstić information content (AvgIpc) is 1.88. The number of benzene rings is 1. The van der Waals surface area contributed by atoms with Gasteiger partial charge in [0.1, 0.15) is 0 Å². The van der Waals surface area contributed by atoms with Crippen LogP contribution >= 0.6 is 11.6 Å². The van der Waals surface area contributed by atoms with Crippen molar-refractivity contribution in [1.82, 2.24) is 0 Å². The molecular formula is C7H6ClNaO2. The van der Waals surface area contributed by atoms with Crippen LogP contribution in [-0.2, 0) is 0 Å². The van der Waals surface area contributed by atoms with Gasteiger partial charge in [-0.25, -0.2) is 4.79 Å². The quantitative estimate of drug-likeness (QED) is 0.572. The van der Waals surface area contributed by atoms with Gasteiger partial charge in [-0.3, -0.25) is 0 Å². The van der Waals surface area contributed by atoms with E-state index in [1.165, 1.54) is 12.1 Å². The molecule has 0 aliphatic heterocycles. The van der Waals surface area contributed by atoms with E-state index in [1.807, 2.05) is 0 Å². The number of hydrogen-bond donors (Lipinski definition) is 1. The number of carboxylic acids is 1. The summed E-state index contributed by atoms with van der Waals surface area (Å²) < 4.78 is 0. The summed E-state index contributed by atoms with van der Waals surface area (Å²) in [5.41, 5.74) is 0.254.